The summed E-state index contributed by atoms with van der Waals surface area (Å²) in [5, 5.41) is 4.35. The molecule has 0 amide bonds. The van der Waals surface area contributed by atoms with Crippen molar-refractivity contribution in [1.82, 2.24) is 4.72 Å². The van der Waals surface area contributed by atoms with Gasteiger partial charge in [-0.1, -0.05) is 17.7 Å². The highest BCUT2D eigenvalue weighted by molar-refractivity contribution is 7.89. The van der Waals surface area contributed by atoms with E-state index >= 15 is 0 Å². The first-order chi connectivity index (χ1) is 9.92. The third kappa shape index (κ3) is 4.28. The molecule has 0 aliphatic rings. The van der Waals surface area contributed by atoms with Gasteiger partial charge in [-0.25, -0.2) is 13.1 Å². The third-order valence-corrected chi connectivity index (χ3v) is 5.70. The predicted octanol–water partition coefficient (Wildman–Crippen LogP) is 2.77. The highest BCUT2D eigenvalue weighted by Crippen LogP contribution is 2.21. The van der Waals surface area contributed by atoms with E-state index in [4.69, 9.17) is 17.3 Å². The van der Waals surface area contributed by atoms with Crippen molar-refractivity contribution in [2.45, 2.75) is 30.8 Å². The molecule has 21 heavy (non-hydrogen) atoms. The number of nitrogens with one attached hydrogen (secondary N) is 1. The number of hydrogen-bond donors (Lipinski definition) is 2. The minimum atomic E-state index is -3.58. The minimum Gasteiger partial charge on any atom is -0.326 e. The zero-order valence-electron chi connectivity index (χ0n) is 11.5. The van der Waals surface area contributed by atoms with Crippen molar-refractivity contribution in [2.24, 2.45) is 5.73 Å². The smallest absolute Gasteiger partial charge is 0.240 e. The van der Waals surface area contributed by atoms with Crippen LogP contribution >= 0.6 is 22.9 Å². The number of halogens is 1. The van der Waals surface area contributed by atoms with Crippen LogP contribution in [0.3, 0.4) is 0 Å². The summed E-state index contributed by atoms with van der Waals surface area (Å²) in [6.45, 7) is 2.12. The van der Waals surface area contributed by atoms with Crippen molar-refractivity contribution in [3.63, 3.8) is 0 Å². The molecule has 0 bridgehead atoms. The van der Waals surface area contributed by atoms with Gasteiger partial charge in [-0.3, -0.25) is 0 Å². The lowest BCUT2D eigenvalue weighted by Crippen LogP contribution is -2.34. The molecule has 0 fully saturated rings. The van der Waals surface area contributed by atoms with Crippen LogP contribution in [0.4, 0.5) is 0 Å². The Morgan fingerprint density at radius 2 is 2.14 bits per heavy atom. The molecule has 0 saturated carbocycles. The maximum absolute atomic E-state index is 12.3. The zero-order chi connectivity index (χ0) is 15.5. The van der Waals surface area contributed by atoms with E-state index in [1.54, 1.807) is 17.4 Å². The van der Waals surface area contributed by atoms with Gasteiger partial charge in [-0.15, -0.1) is 0 Å². The normalized spacial score (nSPS) is 13.3. The number of benzene rings is 1. The fourth-order valence-electron chi connectivity index (χ4n) is 2.00. The Labute approximate surface area is 134 Å². The average Bonchev–Trinajstić information content (AvgIpc) is 2.90. The molecule has 3 N–H and O–H groups in total. The average molecular weight is 345 g/mol. The Hall–Kier alpha value is -0.920. The first-order valence-electron chi connectivity index (χ1n) is 6.44. The van der Waals surface area contributed by atoms with Gasteiger partial charge in [0.25, 0.3) is 0 Å². The highest BCUT2D eigenvalue weighted by atomic mass is 35.5. The Bertz CT molecular complexity index is 700. The fourth-order valence-corrected chi connectivity index (χ4v) is 4.27. The van der Waals surface area contributed by atoms with Crippen LogP contribution in [-0.4, -0.2) is 14.5 Å². The first-order valence-corrected chi connectivity index (χ1v) is 9.24. The van der Waals surface area contributed by atoms with Crippen LogP contribution in [0.2, 0.25) is 5.02 Å². The highest BCUT2D eigenvalue weighted by Gasteiger charge is 2.18. The van der Waals surface area contributed by atoms with Gasteiger partial charge >= 0.3 is 0 Å². The second-order valence-corrected chi connectivity index (χ2v) is 7.72. The summed E-state index contributed by atoms with van der Waals surface area (Å²) in [4.78, 5) is 0.155. The van der Waals surface area contributed by atoms with Crippen LogP contribution < -0.4 is 10.5 Å². The van der Waals surface area contributed by atoms with E-state index in [2.05, 4.69) is 4.72 Å². The van der Waals surface area contributed by atoms with Crippen molar-refractivity contribution in [1.29, 1.82) is 0 Å². The van der Waals surface area contributed by atoms with Crippen molar-refractivity contribution in [3.8, 4) is 0 Å². The van der Waals surface area contributed by atoms with Crippen LogP contribution in [-0.2, 0) is 23.0 Å². The molecule has 7 heteroatoms. The molecule has 2 aromatic rings. The van der Waals surface area contributed by atoms with Crippen molar-refractivity contribution in [3.05, 3.63) is 51.2 Å². The lowest BCUT2D eigenvalue weighted by atomic mass is 10.1. The Morgan fingerprint density at radius 3 is 2.71 bits per heavy atom. The van der Waals surface area contributed by atoms with Crippen molar-refractivity contribution in [2.75, 3.05) is 0 Å². The maximum Gasteiger partial charge on any atom is 0.240 e. The number of thiophene rings is 1. The second kappa shape index (κ2) is 6.89. The molecule has 1 atom stereocenters. The number of hydrogen-bond acceptors (Lipinski definition) is 4. The molecule has 1 aromatic carbocycles. The third-order valence-electron chi connectivity index (χ3n) is 3.03. The summed E-state index contributed by atoms with van der Waals surface area (Å²) in [7, 11) is -3.58. The second-order valence-electron chi connectivity index (χ2n) is 4.82. The minimum absolute atomic E-state index is 0.155. The van der Waals surface area contributed by atoms with Crippen LogP contribution in [0, 0.1) is 0 Å². The lowest BCUT2D eigenvalue weighted by molar-refractivity contribution is 0.560. The summed E-state index contributed by atoms with van der Waals surface area (Å²) < 4.78 is 27.3. The molecular formula is C14H17ClN2O2S2. The quantitative estimate of drug-likeness (QED) is 0.846. The van der Waals surface area contributed by atoms with Crippen LogP contribution in [0.25, 0.3) is 0 Å². The largest absolute Gasteiger partial charge is 0.326 e. The Balaban J connectivity index is 2.12. The Kier molecular flexibility index (Phi) is 5.40. The first kappa shape index (κ1) is 16.5. The number of rotatable bonds is 6. The fraction of sp³-hybridized carbons (Fsp3) is 0.286. The van der Waals surface area contributed by atoms with Gasteiger partial charge in [0, 0.05) is 17.6 Å². The van der Waals surface area contributed by atoms with Gasteiger partial charge in [-0.05, 0) is 53.4 Å². The van der Waals surface area contributed by atoms with Crippen molar-refractivity contribution < 1.29 is 8.42 Å². The van der Waals surface area contributed by atoms with Gasteiger partial charge in [0.2, 0.25) is 10.0 Å². The van der Waals surface area contributed by atoms with Crippen molar-refractivity contribution >= 4 is 33.0 Å². The number of sulfonamides is 1. The molecule has 0 aliphatic carbocycles. The number of nitrogens with two attached hydrogens (primary N) is 1. The van der Waals surface area contributed by atoms with Gasteiger partial charge < -0.3 is 5.73 Å². The molecule has 0 saturated heterocycles. The van der Waals surface area contributed by atoms with Gasteiger partial charge in [-0.2, -0.15) is 11.3 Å². The standard InChI is InChI=1S/C14H17ClN2O2S2/c1-10(6-11-4-5-20-9-11)17-21(18,19)13-3-2-12(8-16)14(15)7-13/h2-5,7,9-10,17H,6,8,16H2,1H3. The molecule has 0 aliphatic heterocycles. The molecule has 4 nitrogen and oxygen atoms in total. The summed E-state index contributed by atoms with van der Waals surface area (Å²) in [5.41, 5.74) is 7.36. The topological polar surface area (TPSA) is 72.2 Å². The zero-order valence-corrected chi connectivity index (χ0v) is 13.9. The van der Waals surface area contributed by atoms with E-state index in [1.165, 1.54) is 12.1 Å². The molecule has 2 rings (SSSR count). The van der Waals surface area contributed by atoms with Gasteiger partial charge in [0.15, 0.2) is 0 Å². The summed E-state index contributed by atoms with van der Waals surface area (Å²) in [6.07, 6.45) is 0.650. The molecule has 1 unspecified atom stereocenters. The predicted molar refractivity (Wildman–Crippen MR) is 87.1 cm³/mol. The summed E-state index contributed by atoms with van der Waals surface area (Å²) in [6, 6.07) is 6.39. The monoisotopic (exact) mass is 344 g/mol. The summed E-state index contributed by atoms with van der Waals surface area (Å²) in [5.74, 6) is 0. The Morgan fingerprint density at radius 1 is 1.38 bits per heavy atom. The SMILES string of the molecule is CC(Cc1ccsc1)NS(=O)(=O)c1ccc(CN)c(Cl)c1. The van der Waals surface area contributed by atoms with Gasteiger partial charge in [0.05, 0.1) is 4.90 Å². The van der Waals surface area contributed by atoms with E-state index in [0.717, 1.165) is 11.1 Å². The van der Waals surface area contributed by atoms with E-state index < -0.39 is 10.0 Å². The van der Waals surface area contributed by atoms with Gasteiger partial charge in [0.1, 0.15) is 0 Å². The molecule has 0 radical (unpaired) electrons. The molecular weight excluding hydrogens is 328 g/mol. The van der Waals surface area contributed by atoms with Crippen LogP contribution in [0.15, 0.2) is 39.9 Å². The maximum atomic E-state index is 12.3. The molecule has 1 heterocycles. The lowest BCUT2D eigenvalue weighted by Gasteiger charge is -2.14. The van der Waals surface area contributed by atoms with E-state index in [9.17, 15) is 8.42 Å². The van der Waals surface area contributed by atoms with E-state index in [1.807, 2.05) is 23.8 Å². The van der Waals surface area contributed by atoms with E-state index in [0.29, 0.717) is 11.4 Å². The van der Waals surface area contributed by atoms with E-state index in [-0.39, 0.29) is 17.5 Å². The van der Waals surface area contributed by atoms with Crippen LogP contribution in [0.5, 0.6) is 0 Å². The van der Waals surface area contributed by atoms with Crippen LogP contribution in [0.1, 0.15) is 18.1 Å². The molecule has 0 spiro atoms. The molecule has 1 aromatic heterocycles. The molecule has 114 valence electrons. The summed E-state index contributed by atoms with van der Waals surface area (Å²) >= 11 is 7.61.